The molecule has 1 aliphatic heterocycles. The predicted octanol–water partition coefficient (Wildman–Crippen LogP) is 2.36. The minimum atomic E-state index is -1.14. The quantitative estimate of drug-likeness (QED) is 0.913. The van der Waals surface area contributed by atoms with Crippen LogP contribution < -0.4 is 10.2 Å². The molecule has 2 aromatic rings. The molecule has 1 aromatic heterocycles. The molecule has 2 N–H and O–H groups in total. The number of aromatic nitrogens is 1. The summed E-state index contributed by atoms with van der Waals surface area (Å²) >= 11 is 6.27. The molecule has 0 spiro atoms. The summed E-state index contributed by atoms with van der Waals surface area (Å²) in [6.45, 7) is 0.642. The van der Waals surface area contributed by atoms with E-state index in [1.807, 2.05) is 24.1 Å². The molecule has 0 fully saturated rings. The first-order valence-corrected chi connectivity index (χ1v) is 6.86. The van der Waals surface area contributed by atoms with Crippen LogP contribution in [0.5, 0.6) is 0 Å². The lowest BCUT2D eigenvalue weighted by molar-refractivity contribution is -0.123. The van der Waals surface area contributed by atoms with Crippen LogP contribution in [0.2, 0.25) is 5.02 Å². The van der Waals surface area contributed by atoms with Crippen LogP contribution in [-0.4, -0.2) is 23.0 Å². The van der Waals surface area contributed by atoms with Crippen molar-refractivity contribution in [2.24, 2.45) is 0 Å². The normalized spacial score (nSPS) is 16.5. The molecule has 1 aromatic carbocycles. The molecule has 108 valence electrons. The van der Waals surface area contributed by atoms with Crippen molar-refractivity contribution in [1.82, 2.24) is 4.98 Å². The van der Waals surface area contributed by atoms with Gasteiger partial charge in [0, 0.05) is 37.2 Å². The topological polar surface area (TPSA) is 65.5 Å². The number of rotatable bonds is 3. The molecule has 0 saturated carbocycles. The van der Waals surface area contributed by atoms with Gasteiger partial charge in [-0.05, 0) is 23.8 Å². The standard InChI is InChI=1S/C15H14ClN3O2/c1-19(8-9-3-2-4-17-7-9)13-6-12-10(5-11(13)16)14(20)15(21)18-12/h2-7,14,20H,8H2,1H3,(H,18,21). The lowest BCUT2D eigenvalue weighted by Crippen LogP contribution is -2.17. The SMILES string of the molecule is CN(Cc1cccnc1)c1cc2c(cc1Cl)C(O)C(=O)N2. The number of pyridine rings is 1. The highest BCUT2D eigenvalue weighted by molar-refractivity contribution is 6.33. The highest BCUT2D eigenvalue weighted by Crippen LogP contribution is 2.38. The maximum Gasteiger partial charge on any atom is 0.257 e. The van der Waals surface area contributed by atoms with Gasteiger partial charge in [-0.2, -0.15) is 0 Å². The molecule has 2 heterocycles. The Labute approximate surface area is 127 Å². The molecule has 6 heteroatoms. The number of hydrogen-bond donors (Lipinski definition) is 2. The monoisotopic (exact) mass is 303 g/mol. The van der Waals surface area contributed by atoms with Crippen LogP contribution >= 0.6 is 11.6 Å². The zero-order valence-electron chi connectivity index (χ0n) is 11.4. The molecule has 0 bridgehead atoms. The number of nitrogens with zero attached hydrogens (tertiary/aromatic N) is 2. The van der Waals surface area contributed by atoms with Gasteiger partial charge in [0.05, 0.1) is 10.7 Å². The van der Waals surface area contributed by atoms with Gasteiger partial charge in [-0.25, -0.2) is 0 Å². The number of fused-ring (bicyclic) bond motifs is 1. The van der Waals surface area contributed by atoms with Crippen LogP contribution in [0.25, 0.3) is 0 Å². The highest BCUT2D eigenvalue weighted by atomic mass is 35.5. The molecular weight excluding hydrogens is 290 g/mol. The number of benzene rings is 1. The summed E-state index contributed by atoms with van der Waals surface area (Å²) in [5, 5.41) is 12.9. The van der Waals surface area contributed by atoms with Crippen LogP contribution in [0, 0.1) is 0 Å². The van der Waals surface area contributed by atoms with E-state index in [1.165, 1.54) is 0 Å². The Morgan fingerprint density at radius 1 is 1.48 bits per heavy atom. The van der Waals surface area contributed by atoms with E-state index in [4.69, 9.17) is 11.6 Å². The second-order valence-electron chi connectivity index (χ2n) is 5.00. The zero-order valence-corrected chi connectivity index (χ0v) is 12.1. The first-order valence-electron chi connectivity index (χ1n) is 6.48. The van der Waals surface area contributed by atoms with E-state index in [1.54, 1.807) is 24.5 Å². The van der Waals surface area contributed by atoms with Crippen molar-refractivity contribution < 1.29 is 9.90 Å². The molecule has 1 unspecified atom stereocenters. The summed E-state index contributed by atoms with van der Waals surface area (Å²) in [6.07, 6.45) is 2.38. The highest BCUT2D eigenvalue weighted by Gasteiger charge is 2.29. The van der Waals surface area contributed by atoms with Crippen molar-refractivity contribution in [2.75, 3.05) is 17.3 Å². The number of hydrogen-bond acceptors (Lipinski definition) is 4. The first kappa shape index (κ1) is 13.9. The molecule has 5 nitrogen and oxygen atoms in total. The van der Waals surface area contributed by atoms with Gasteiger partial charge in [0.15, 0.2) is 6.10 Å². The molecule has 0 radical (unpaired) electrons. The van der Waals surface area contributed by atoms with Crippen molar-refractivity contribution in [1.29, 1.82) is 0 Å². The van der Waals surface area contributed by atoms with Crippen LogP contribution in [0.4, 0.5) is 11.4 Å². The summed E-state index contributed by atoms with van der Waals surface area (Å²) in [5.74, 6) is -0.423. The van der Waals surface area contributed by atoms with Gasteiger partial charge in [-0.1, -0.05) is 17.7 Å². The van der Waals surface area contributed by atoms with Crippen LogP contribution in [-0.2, 0) is 11.3 Å². The summed E-state index contributed by atoms with van der Waals surface area (Å²) in [7, 11) is 1.91. The van der Waals surface area contributed by atoms with Crippen molar-refractivity contribution in [2.45, 2.75) is 12.6 Å². The Balaban J connectivity index is 1.90. The van der Waals surface area contributed by atoms with E-state index < -0.39 is 12.0 Å². The van der Waals surface area contributed by atoms with Crippen molar-refractivity contribution in [3.05, 3.63) is 52.8 Å². The molecule has 0 saturated heterocycles. The average Bonchev–Trinajstić information content (AvgIpc) is 2.74. The van der Waals surface area contributed by atoms with Crippen LogP contribution in [0.3, 0.4) is 0 Å². The Bertz CT molecular complexity index is 691. The van der Waals surface area contributed by atoms with Gasteiger partial charge in [0.25, 0.3) is 5.91 Å². The maximum atomic E-state index is 11.5. The molecule has 0 aliphatic carbocycles. The number of anilines is 2. The fraction of sp³-hybridized carbons (Fsp3) is 0.200. The predicted molar refractivity (Wildman–Crippen MR) is 81.4 cm³/mol. The molecular formula is C15H14ClN3O2. The van der Waals surface area contributed by atoms with Crippen molar-refractivity contribution in [3.8, 4) is 0 Å². The second kappa shape index (κ2) is 5.35. The van der Waals surface area contributed by atoms with Crippen LogP contribution in [0.15, 0.2) is 36.7 Å². The number of nitrogens with one attached hydrogen (secondary N) is 1. The lowest BCUT2D eigenvalue weighted by Gasteiger charge is -2.21. The van der Waals surface area contributed by atoms with E-state index in [2.05, 4.69) is 10.3 Å². The minimum absolute atomic E-state index is 0.423. The van der Waals surface area contributed by atoms with Gasteiger partial charge in [0.1, 0.15) is 0 Å². The third-order valence-electron chi connectivity index (χ3n) is 3.47. The Morgan fingerprint density at radius 2 is 2.29 bits per heavy atom. The Morgan fingerprint density at radius 3 is 3.00 bits per heavy atom. The lowest BCUT2D eigenvalue weighted by atomic mass is 10.1. The van der Waals surface area contributed by atoms with Crippen molar-refractivity contribution in [3.63, 3.8) is 0 Å². The molecule has 1 aliphatic rings. The Hall–Kier alpha value is -2.11. The van der Waals surface area contributed by atoms with Crippen molar-refractivity contribution >= 4 is 28.9 Å². The molecule has 1 amide bonds. The van der Waals surface area contributed by atoms with E-state index in [0.717, 1.165) is 11.3 Å². The number of aliphatic hydroxyl groups excluding tert-OH is 1. The number of amides is 1. The fourth-order valence-corrected chi connectivity index (χ4v) is 2.71. The van der Waals surface area contributed by atoms with E-state index >= 15 is 0 Å². The Kier molecular flexibility index (Phi) is 3.53. The summed E-state index contributed by atoms with van der Waals surface area (Å²) in [4.78, 5) is 17.5. The second-order valence-corrected chi connectivity index (χ2v) is 5.41. The summed E-state index contributed by atoms with van der Waals surface area (Å²) < 4.78 is 0. The summed E-state index contributed by atoms with van der Waals surface area (Å²) in [6, 6.07) is 7.27. The minimum Gasteiger partial charge on any atom is -0.378 e. The number of carbonyl (C=O) groups excluding carboxylic acids is 1. The number of aliphatic hydroxyl groups is 1. The first-order chi connectivity index (χ1) is 10.1. The number of halogens is 1. The van der Waals surface area contributed by atoms with E-state index in [9.17, 15) is 9.90 Å². The largest absolute Gasteiger partial charge is 0.378 e. The van der Waals surface area contributed by atoms with E-state index in [-0.39, 0.29) is 0 Å². The third kappa shape index (κ3) is 2.57. The number of carbonyl (C=O) groups is 1. The molecule has 21 heavy (non-hydrogen) atoms. The molecule has 3 rings (SSSR count). The van der Waals surface area contributed by atoms with Gasteiger partial charge >= 0.3 is 0 Å². The smallest absolute Gasteiger partial charge is 0.257 e. The summed E-state index contributed by atoms with van der Waals surface area (Å²) in [5.41, 5.74) is 2.96. The van der Waals surface area contributed by atoms with Gasteiger partial charge in [-0.3, -0.25) is 9.78 Å². The molecule has 1 atom stereocenters. The average molecular weight is 304 g/mol. The van der Waals surface area contributed by atoms with Gasteiger partial charge < -0.3 is 15.3 Å². The third-order valence-corrected chi connectivity index (χ3v) is 3.78. The fourth-order valence-electron chi connectivity index (χ4n) is 2.40. The zero-order chi connectivity index (χ0) is 15.0. The van der Waals surface area contributed by atoms with Crippen LogP contribution in [0.1, 0.15) is 17.2 Å². The van der Waals surface area contributed by atoms with E-state index in [0.29, 0.717) is 22.8 Å². The maximum absolute atomic E-state index is 11.5. The van der Waals surface area contributed by atoms with Gasteiger partial charge in [-0.15, -0.1) is 0 Å². The van der Waals surface area contributed by atoms with Gasteiger partial charge in [0.2, 0.25) is 0 Å².